The highest BCUT2D eigenvalue weighted by molar-refractivity contribution is 9.09. The van der Waals surface area contributed by atoms with E-state index < -0.39 is 0 Å². The molecule has 2 heterocycles. The third-order valence-corrected chi connectivity index (χ3v) is 5.36. The van der Waals surface area contributed by atoms with E-state index in [-0.39, 0.29) is 27.2 Å². The number of carbonyl (C=O) groups excluding carboxylic acids is 2. The highest BCUT2D eigenvalue weighted by Gasteiger charge is 2.17. The van der Waals surface area contributed by atoms with Gasteiger partial charge in [-0.2, -0.15) is 0 Å². The van der Waals surface area contributed by atoms with Gasteiger partial charge in [-0.25, -0.2) is 0 Å². The van der Waals surface area contributed by atoms with Crippen molar-refractivity contribution < 1.29 is 40.2 Å². The van der Waals surface area contributed by atoms with Gasteiger partial charge in [-0.15, -0.1) is 0 Å². The van der Waals surface area contributed by atoms with Crippen LogP contribution in [0, 0.1) is 0 Å². The van der Waals surface area contributed by atoms with E-state index in [0.717, 1.165) is 34.8 Å². The summed E-state index contributed by atoms with van der Waals surface area (Å²) in [6.07, 6.45) is 1.41. The second-order valence-electron chi connectivity index (χ2n) is 8.47. The van der Waals surface area contributed by atoms with Crippen molar-refractivity contribution in [3.8, 4) is 0 Å². The van der Waals surface area contributed by atoms with Crippen LogP contribution in [0.4, 0.5) is 0 Å². The molecule has 0 aromatic heterocycles. The summed E-state index contributed by atoms with van der Waals surface area (Å²) in [5.41, 5.74) is 3.66. The van der Waals surface area contributed by atoms with Gasteiger partial charge in [-0.1, -0.05) is 181 Å². The summed E-state index contributed by atoms with van der Waals surface area (Å²) in [4.78, 5) is 20.0. The zero-order valence-corrected chi connectivity index (χ0v) is 33.4. The van der Waals surface area contributed by atoms with E-state index in [9.17, 15) is 9.59 Å². The van der Waals surface area contributed by atoms with Gasteiger partial charge in [0.2, 0.25) is 0 Å². The van der Waals surface area contributed by atoms with Gasteiger partial charge in [0, 0.05) is 22.3 Å². The third kappa shape index (κ3) is 27.7. The number of carbonyl (C=O) groups is 2. The normalized spacial score (nSPS) is 12.1. The monoisotopic (exact) mass is 823 g/mol. The molecule has 0 bridgehead atoms. The predicted molar refractivity (Wildman–Crippen MR) is 214 cm³/mol. The molecule has 278 valence electrons. The summed E-state index contributed by atoms with van der Waals surface area (Å²) in [5.74, 6) is 3.62. The molecular weight excluding hydrogens is 768 g/mol. The molecule has 0 atom stereocenters. The molecule has 2 aliphatic heterocycles. The van der Waals surface area contributed by atoms with E-state index in [2.05, 4.69) is 31.9 Å². The second-order valence-corrected chi connectivity index (χ2v) is 8.47. The topological polar surface area (TPSA) is 112 Å². The Morgan fingerprint density at radius 2 is 0.720 bits per heavy atom. The lowest BCUT2D eigenvalue weighted by atomic mass is 10.2. The smallest absolute Gasteiger partial charge is 0.394 e. The van der Waals surface area contributed by atoms with Crippen molar-refractivity contribution in [1.29, 1.82) is 0 Å². The molecule has 0 amide bonds. The molecule has 50 heavy (non-hydrogen) atoms. The van der Waals surface area contributed by atoms with Crippen LogP contribution in [0.3, 0.4) is 0 Å². The number of ether oxygens (including phenoxy) is 4. The lowest BCUT2D eigenvalue weighted by Crippen LogP contribution is -1.96. The summed E-state index contributed by atoms with van der Waals surface area (Å²) in [6, 6.07) is 38.2. The highest BCUT2D eigenvalue weighted by atomic mass is 79.9. The van der Waals surface area contributed by atoms with Crippen LogP contribution in [0.1, 0.15) is 73.5 Å². The van der Waals surface area contributed by atoms with Crippen LogP contribution in [0.15, 0.2) is 121 Å². The first-order valence-corrected chi connectivity index (χ1v) is 19.4. The van der Waals surface area contributed by atoms with Gasteiger partial charge in [-0.05, 0) is 11.7 Å². The Labute approximate surface area is 318 Å². The van der Waals surface area contributed by atoms with Crippen LogP contribution in [0.25, 0.3) is 0 Å². The minimum Gasteiger partial charge on any atom is -0.394 e. The fourth-order valence-electron chi connectivity index (χ4n) is 3.39. The molecule has 0 saturated carbocycles. The first kappa shape index (κ1) is 51.3. The van der Waals surface area contributed by atoms with Crippen molar-refractivity contribution >= 4 is 44.4 Å². The average Bonchev–Trinajstić information content (AvgIpc) is 4.00. The molecule has 8 nitrogen and oxygen atoms in total. The molecule has 6 rings (SSSR count). The zero-order valence-electron chi connectivity index (χ0n) is 31.2. The van der Waals surface area contributed by atoms with E-state index >= 15 is 0 Å². The fraction of sp³-hybridized carbons (Fsp3) is 0.350. The number of aliphatic hydroxyl groups is 2. The molecule has 0 spiro atoms. The van der Waals surface area contributed by atoms with Crippen LogP contribution >= 0.6 is 31.9 Å². The Morgan fingerprint density at radius 1 is 0.500 bits per heavy atom. The molecule has 2 fully saturated rings. The summed E-state index contributed by atoms with van der Waals surface area (Å²) in [5, 5.41) is 15.2. The van der Waals surface area contributed by atoms with E-state index in [1.54, 1.807) is 24.3 Å². The highest BCUT2D eigenvalue weighted by Crippen LogP contribution is 2.22. The summed E-state index contributed by atoms with van der Waals surface area (Å²) in [6.45, 7) is 10.6. The Hall–Kier alpha value is -3.06. The van der Waals surface area contributed by atoms with Crippen LogP contribution in [-0.4, -0.2) is 74.1 Å². The number of aliphatic hydroxyl groups excluding tert-OH is 2. The quantitative estimate of drug-likeness (QED) is 0.151. The average molecular weight is 826 g/mol. The molecular formula is C40H57Br2O8+. The van der Waals surface area contributed by atoms with Crippen molar-refractivity contribution in [2.75, 3.05) is 51.3 Å². The fourth-order valence-corrected chi connectivity index (χ4v) is 3.39. The van der Waals surface area contributed by atoms with Gasteiger partial charge in [0.15, 0.2) is 12.6 Å². The van der Waals surface area contributed by atoms with E-state index in [4.69, 9.17) is 29.2 Å². The minimum absolute atomic E-state index is 0. The minimum atomic E-state index is -0.129. The number of alkyl halides is 2. The van der Waals surface area contributed by atoms with Gasteiger partial charge in [0.05, 0.1) is 39.6 Å². The van der Waals surface area contributed by atoms with E-state index in [1.165, 1.54) is 0 Å². The number of rotatable bonds is 5. The van der Waals surface area contributed by atoms with Crippen LogP contribution in [-0.2, 0) is 18.9 Å². The molecule has 4 aromatic rings. The maximum atomic E-state index is 10.0. The molecule has 10 heteroatoms. The SMILES string of the molecule is CBr.CBr.CC.CC.O=Cc1ccccc1.O=Cc1ccccc1.OCCO.[H+].c1ccc(C2OCCO2)cc1.c1ccc(C2OCCO2)cc1. The summed E-state index contributed by atoms with van der Waals surface area (Å²) in [7, 11) is 0. The molecule has 0 aliphatic carbocycles. The second kappa shape index (κ2) is 42.1. The Morgan fingerprint density at radius 3 is 0.900 bits per heavy atom. The standard InChI is InChI=1S/2C9H10O2.2C7H6O.C2H6O2.2C2H6.2CH3Br/c2*1-2-4-8(5-3-1)9-10-6-7-11-9;2*8-6-7-4-2-1-3-5-7;3-1-2-4;4*1-2/h2*1-5,9H,6-7H2;2*1-6H;3-4H,1-2H2;2*1-2H3;2*1H3/p+1. The number of benzene rings is 4. The molecule has 0 unspecified atom stereocenters. The lowest BCUT2D eigenvalue weighted by Gasteiger charge is -2.07. The molecule has 2 aliphatic rings. The third-order valence-electron chi connectivity index (χ3n) is 5.36. The van der Waals surface area contributed by atoms with Crippen LogP contribution in [0.5, 0.6) is 0 Å². The Balaban J connectivity index is -0.000000263. The zero-order chi connectivity index (χ0) is 38.1. The van der Waals surface area contributed by atoms with Crippen LogP contribution < -0.4 is 0 Å². The lowest BCUT2D eigenvalue weighted by molar-refractivity contribution is -0.0443. The maximum Gasteiger partial charge on any atom is 1.00 e. The van der Waals surface area contributed by atoms with E-state index in [0.29, 0.717) is 26.4 Å². The van der Waals surface area contributed by atoms with Crippen molar-refractivity contribution in [3.05, 3.63) is 144 Å². The molecule has 2 N–H and O–H groups in total. The number of hydrogen-bond acceptors (Lipinski definition) is 8. The Bertz CT molecular complexity index is 1100. The summed E-state index contributed by atoms with van der Waals surface area (Å²) >= 11 is 5.88. The van der Waals surface area contributed by atoms with Gasteiger partial charge in [-0.3, -0.25) is 9.59 Å². The Kier molecular flexibility index (Phi) is 43.2. The van der Waals surface area contributed by atoms with Crippen molar-refractivity contribution in [1.82, 2.24) is 0 Å². The van der Waals surface area contributed by atoms with E-state index in [1.807, 2.05) is 136 Å². The summed E-state index contributed by atoms with van der Waals surface area (Å²) < 4.78 is 21.3. The molecule has 4 aromatic carbocycles. The van der Waals surface area contributed by atoms with Gasteiger partial charge < -0.3 is 29.2 Å². The first-order valence-electron chi connectivity index (χ1n) is 16.3. The molecule has 0 radical (unpaired) electrons. The maximum absolute atomic E-state index is 10.0. The number of halogens is 2. The van der Waals surface area contributed by atoms with Gasteiger partial charge in [0.25, 0.3) is 0 Å². The largest absolute Gasteiger partial charge is 1.00 e. The number of hydrogen-bond donors (Lipinski definition) is 2. The van der Waals surface area contributed by atoms with Gasteiger partial charge in [0.1, 0.15) is 12.6 Å². The van der Waals surface area contributed by atoms with Crippen LogP contribution in [0.2, 0.25) is 0 Å². The van der Waals surface area contributed by atoms with Crippen molar-refractivity contribution in [3.63, 3.8) is 0 Å². The molecule has 2 saturated heterocycles. The van der Waals surface area contributed by atoms with Crippen molar-refractivity contribution in [2.45, 2.75) is 40.3 Å². The number of aldehydes is 2. The predicted octanol–water partition coefficient (Wildman–Crippen LogP) is 9.62. The van der Waals surface area contributed by atoms with Gasteiger partial charge >= 0.3 is 1.43 Å². The van der Waals surface area contributed by atoms with Crippen molar-refractivity contribution in [2.24, 2.45) is 0 Å². The first-order chi connectivity index (χ1) is 24.7.